The molecule has 1 saturated heterocycles. The predicted octanol–water partition coefficient (Wildman–Crippen LogP) is 3.65. The van der Waals surface area contributed by atoms with Crippen molar-refractivity contribution in [1.29, 1.82) is 0 Å². The quantitative estimate of drug-likeness (QED) is 0.0398. The fourth-order valence-corrected chi connectivity index (χ4v) is 9.38. The van der Waals surface area contributed by atoms with Crippen molar-refractivity contribution in [1.82, 2.24) is 31.5 Å². The number of urea groups is 1. The average molecular weight is 1210 g/mol. The van der Waals surface area contributed by atoms with E-state index < -0.39 is 53.6 Å². The van der Waals surface area contributed by atoms with Gasteiger partial charge in [-0.1, -0.05) is 62.3 Å². The summed E-state index contributed by atoms with van der Waals surface area (Å²) < 4.78 is 0. The van der Waals surface area contributed by atoms with Crippen LogP contribution in [0.2, 0.25) is 0 Å². The van der Waals surface area contributed by atoms with Crippen LogP contribution in [-0.2, 0) is 62.3 Å². The van der Waals surface area contributed by atoms with Gasteiger partial charge in [0, 0.05) is 99.2 Å². The van der Waals surface area contributed by atoms with Crippen LogP contribution in [0.5, 0.6) is 0 Å². The molecule has 13 N–H and O–H groups in total. The van der Waals surface area contributed by atoms with Crippen LogP contribution >= 0.6 is 0 Å². The van der Waals surface area contributed by atoms with Crippen molar-refractivity contribution in [2.75, 3.05) is 13.1 Å². The molecule has 1 rings (SSSR count). The van der Waals surface area contributed by atoms with Crippen molar-refractivity contribution in [3.63, 3.8) is 0 Å². The van der Waals surface area contributed by atoms with Gasteiger partial charge in [-0.3, -0.25) is 67.2 Å². The molecule has 1 aliphatic rings. The minimum absolute atomic E-state index is 0.0134. The Morgan fingerprint density at radius 3 is 1.21 bits per heavy atom. The highest BCUT2D eigenvalue weighted by molar-refractivity contribution is 5.96. The first-order chi connectivity index (χ1) is 39.0. The van der Waals surface area contributed by atoms with Gasteiger partial charge in [0.15, 0.2) is 17.3 Å². The molecule has 0 aromatic carbocycles. The number of hydrogen-bond donors (Lipinski definition) is 9. The summed E-state index contributed by atoms with van der Waals surface area (Å²) in [5, 5.41) is 14.2. The van der Waals surface area contributed by atoms with E-state index in [-0.39, 0.29) is 157 Å². The fraction of sp³-hybridized carbons (Fsp3) is 0.770. The molecule has 24 heteroatoms. The van der Waals surface area contributed by atoms with Gasteiger partial charge in [-0.2, -0.15) is 0 Å². The van der Waals surface area contributed by atoms with Gasteiger partial charge in [-0.05, 0) is 113 Å². The molecule has 85 heavy (non-hydrogen) atoms. The lowest BCUT2D eigenvalue weighted by Crippen LogP contribution is -2.50. The highest BCUT2D eigenvalue weighted by Crippen LogP contribution is 2.22. The third kappa shape index (κ3) is 39.2. The Morgan fingerprint density at radius 2 is 0.871 bits per heavy atom. The number of hydrogen-bond acceptors (Lipinski definition) is 17. The van der Waals surface area contributed by atoms with E-state index >= 15 is 0 Å². The maximum atomic E-state index is 12.5. The van der Waals surface area contributed by atoms with Crippen LogP contribution in [0, 0.1) is 41.4 Å². The van der Waals surface area contributed by atoms with Gasteiger partial charge in [0.25, 0.3) is 0 Å². The molecule has 10 atom stereocenters. The van der Waals surface area contributed by atoms with Crippen LogP contribution in [0.3, 0.4) is 0 Å². The summed E-state index contributed by atoms with van der Waals surface area (Å²) in [4.78, 5) is 164. The summed E-state index contributed by atoms with van der Waals surface area (Å²) in [5.41, 5.74) is 20.2. The van der Waals surface area contributed by atoms with Gasteiger partial charge in [0.1, 0.15) is 28.9 Å². The first-order valence-corrected chi connectivity index (χ1v) is 29.9. The molecule has 0 aliphatic carbocycles. The Labute approximate surface area is 506 Å². The van der Waals surface area contributed by atoms with E-state index in [2.05, 4.69) is 31.5 Å². The first kappa shape index (κ1) is 83.1. The lowest BCUT2D eigenvalue weighted by atomic mass is 9.88. The van der Waals surface area contributed by atoms with E-state index in [4.69, 9.17) is 22.9 Å². The summed E-state index contributed by atoms with van der Waals surface area (Å²) in [5.74, 6) is -5.21. The number of nitrogens with zero attached hydrogens (tertiary/aromatic N) is 1. The smallest absolute Gasteiger partial charge is 0.312 e. The second-order valence-electron chi connectivity index (χ2n) is 24.4. The zero-order valence-electron chi connectivity index (χ0n) is 54.5. The summed E-state index contributed by atoms with van der Waals surface area (Å²) in [6.07, 6.45) is 3.48. The van der Waals surface area contributed by atoms with Crippen LogP contribution in [0.25, 0.3) is 0 Å². The number of nitrogens with one attached hydrogen (secondary N) is 5. The first-order valence-electron chi connectivity index (χ1n) is 29.9. The van der Waals surface area contributed by atoms with Gasteiger partial charge in [0.2, 0.25) is 29.5 Å². The molecule has 24 nitrogen and oxygen atoms in total. The minimum Gasteiger partial charge on any atom is -0.370 e. The molecule has 0 bridgehead atoms. The molecule has 0 unspecified atom stereocenters. The van der Waals surface area contributed by atoms with E-state index in [9.17, 15) is 67.1 Å². The molecule has 0 aromatic heterocycles. The predicted molar refractivity (Wildman–Crippen MR) is 327 cm³/mol. The van der Waals surface area contributed by atoms with E-state index in [1.807, 2.05) is 76.2 Å². The number of carbonyl (C=O) groups excluding carboxylic acids is 14. The Kier molecular flexibility index (Phi) is 42.5. The van der Waals surface area contributed by atoms with Crippen molar-refractivity contribution < 1.29 is 67.1 Å². The maximum Gasteiger partial charge on any atom is 0.312 e. The average Bonchev–Trinajstić information content (AvgIpc) is 4.11. The molecular weight excluding hydrogens is 1100 g/mol. The standard InChI is InChI=1S/C17H29N3O4.C16H31N3O3.C16H28N2O4.C12H22N2O3/c1-10(2)20-7-5-6-14(20)17(24)19-11(3)15(22)8-13(12(4)21)9-16(18)23;1-10(2)15(19-11(3)4)14(21)9-13(12(5)20)7-6-8-18-16(17)22;1-9(2)6-10(3)16(22)18-11(4)14(20)7-13(12(5)19)8-15(17)21;1-7(2)14-8(3)11(16)5-10(9(4)15)6-12(13)17/h10-11,13-14H,5-9H2,1-4H3,(H2,18,23)(H,19,24);10-11,13,15,19H,6-9H2,1-5H3,(H3,17,18,22);9-11,13H,6-8H2,1-5H3,(H2,17,21)(H,18,22);7-8,10,14H,5-6H2,1-4H3,(H2,13,17)/t11-,13-,14-;13-,15+;10-,11+,13+;8-,10-/m0110/s1. The number of primary amides is 4. The Bertz CT molecular complexity index is 2220. The van der Waals surface area contributed by atoms with Gasteiger partial charge in [-0.25, -0.2) is 4.79 Å². The molecule has 1 fully saturated rings. The molecule has 488 valence electrons. The van der Waals surface area contributed by atoms with E-state index in [1.165, 1.54) is 27.7 Å². The Morgan fingerprint density at radius 1 is 0.482 bits per heavy atom. The van der Waals surface area contributed by atoms with Crippen LogP contribution in [0.15, 0.2) is 0 Å². The van der Waals surface area contributed by atoms with Crippen LogP contribution in [0.4, 0.5) is 4.79 Å². The molecule has 0 aromatic rings. The van der Waals surface area contributed by atoms with Crippen LogP contribution < -0.4 is 49.5 Å². The molecule has 1 aliphatic heterocycles. The van der Waals surface area contributed by atoms with Crippen molar-refractivity contribution in [2.45, 2.75) is 250 Å². The van der Waals surface area contributed by atoms with Crippen molar-refractivity contribution in [2.24, 2.45) is 64.4 Å². The Hall–Kier alpha value is -6.14. The van der Waals surface area contributed by atoms with Crippen molar-refractivity contribution in [3.8, 4) is 0 Å². The number of nitrogens with two attached hydrogens (primary N) is 4. The zero-order valence-corrected chi connectivity index (χ0v) is 54.5. The fourth-order valence-electron chi connectivity index (χ4n) is 9.38. The number of amides is 7. The summed E-state index contributed by atoms with van der Waals surface area (Å²) >= 11 is 0. The lowest BCUT2D eigenvalue weighted by molar-refractivity contribution is -0.133. The second-order valence-corrected chi connectivity index (χ2v) is 24.4. The van der Waals surface area contributed by atoms with Gasteiger partial charge in [0.05, 0.1) is 30.2 Å². The van der Waals surface area contributed by atoms with E-state index in [1.54, 1.807) is 20.8 Å². The third-order valence-corrected chi connectivity index (χ3v) is 14.3. The highest BCUT2D eigenvalue weighted by atomic mass is 16.2. The molecule has 0 radical (unpaired) electrons. The van der Waals surface area contributed by atoms with Gasteiger partial charge in [-0.15, -0.1) is 0 Å². The third-order valence-electron chi connectivity index (χ3n) is 14.3. The molecule has 0 saturated carbocycles. The van der Waals surface area contributed by atoms with Crippen molar-refractivity contribution >= 4 is 81.8 Å². The largest absolute Gasteiger partial charge is 0.370 e. The summed E-state index contributed by atoms with van der Waals surface area (Å²) in [6, 6.07) is -2.03. The lowest BCUT2D eigenvalue weighted by Gasteiger charge is -2.28. The highest BCUT2D eigenvalue weighted by Gasteiger charge is 2.35. The summed E-state index contributed by atoms with van der Waals surface area (Å²) in [7, 11) is 0. The number of Topliss-reactive ketones (excluding diaryl/α,β-unsaturated/α-hetero) is 8. The number of rotatable bonds is 38. The molecule has 0 spiro atoms. The molecular formula is C61H110N10O14. The maximum absolute atomic E-state index is 12.5. The normalized spacial score (nSPS) is 16.2. The Balaban J connectivity index is -0.00000106. The minimum atomic E-state index is -0.715. The van der Waals surface area contributed by atoms with Crippen LogP contribution in [0.1, 0.15) is 202 Å². The topological polar surface area (TPSA) is 406 Å². The number of ketones is 8. The van der Waals surface area contributed by atoms with Crippen molar-refractivity contribution in [3.05, 3.63) is 0 Å². The zero-order chi connectivity index (χ0) is 66.8. The SMILES string of the molecule is CC(=O)[C@H](CC(N)=O)CC(=O)[C@H](C)NC(=O)[C@@H]1CCCN1C(C)C.CC(=O)[C@H](CC(N)=O)CC(=O)[C@H](C)NC(=O)[C@H](C)CC(C)C.CC(=O)[C@H](CC(N)=O)CC(=O)[C@H](C)NC(C)C.CC(=O)[C@H](CCCNC(N)=O)CC(=O)[C@@H](NC(C)C)C(C)C. The van der Waals surface area contributed by atoms with Crippen LogP contribution in [-0.4, -0.2) is 148 Å². The van der Waals surface area contributed by atoms with Gasteiger partial charge >= 0.3 is 6.03 Å². The van der Waals surface area contributed by atoms with Gasteiger partial charge < -0.3 is 49.5 Å². The molecule has 1 heterocycles. The number of carbonyl (C=O) groups is 14. The van der Waals surface area contributed by atoms with E-state index in [0.29, 0.717) is 25.3 Å². The number of likely N-dealkylation sites (tertiary alicyclic amines) is 1. The monoisotopic (exact) mass is 1210 g/mol. The summed E-state index contributed by atoms with van der Waals surface area (Å²) in [6.45, 7) is 33.6. The molecule has 7 amide bonds. The second kappa shape index (κ2) is 43.5. The van der Waals surface area contributed by atoms with E-state index in [0.717, 1.165) is 25.8 Å².